The summed E-state index contributed by atoms with van der Waals surface area (Å²) in [6.07, 6.45) is 0.680. The van der Waals surface area contributed by atoms with Gasteiger partial charge < -0.3 is 10.2 Å². The van der Waals surface area contributed by atoms with E-state index >= 15 is 0 Å². The van der Waals surface area contributed by atoms with Crippen LogP contribution in [-0.4, -0.2) is 66.1 Å². The average molecular weight is 370 g/mol. The fraction of sp³-hybridized carbons (Fsp3) is 0.647. The van der Waals surface area contributed by atoms with Crippen molar-refractivity contribution in [2.24, 2.45) is 0 Å². The van der Waals surface area contributed by atoms with Gasteiger partial charge in [-0.05, 0) is 45.2 Å². The van der Waals surface area contributed by atoms with E-state index in [1.807, 2.05) is 37.9 Å². The lowest BCUT2D eigenvalue weighted by molar-refractivity contribution is -0.135. The molecule has 1 aromatic heterocycles. The Bertz CT molecular complexity index is 572. The van der Waals surface area contributed by atoms with E-state index in [-0.39, 0.29) is 23.9 Å². The molecule has 2 atom stereocenters. The van der Waals surface area contributed by atoms with Crippen molar-refractivity contribution in [3.05, 3.63) is 17.0 Å². The summed E-state index contributed by atoms with van der Waals surface area (Å²) >= 11 is 3.28. The molecule has 0 radical (unpaired) electrons. The van der Waals surface area contributed by atoms with E-state index in [2.05, 4.69) is 17.1 Å². The van der Waals surface area contributed by atoms with E-state index in [9.17, 15) is 9.59 Å². The summed E-state index contributed by atoms with van der Waals surface area (Å²) in [6, 6.07) is 3.78. The third-order valence-electron chi connectivity index (χ3n) is 4.34. The summed E-state index contributed by atoms with van der Waals surface area (Å²) < 4.78 is 1.17. The van der Waals surface area contributed by atoms with Crippen molar-refractivity contribution in [2.75, 3.05) is 32.4 Å². The van der Waals surface area contributed by atoms with E-state index in [0.717, 1.165) is 23.7 Å². The molecule has 0 aliphatic carbocycles. The van der Waals surface area contributed by atoms with Crippen LogP contribution in [0.5, 0.6) is 0 Å². The van der Waals surface area contributed by atoms with E-state index < -0.39 is 0 Å². The fourth-order valence-corrected chi connectivity index (χ4v) is 5.01. The van der Waals surface area contributed by atoms with Crippen LogP contribution in [0.15, 0.2) is 16.3 Å². The van der Waals surface area contributed by atoms with Gasteiger partial charge in [0.2, 0.25) is 5.91 Å². The molecule has 0 aromatic carbocycles. The number of nitrogens with zero attached hydrogens (tertiary/aromatic N) is 2. The number of thioether (sulfide) groups is 1. The zero-order valence-electron chi connectivity index (χ0n) is 14.9. The summed E-state index contributed by atoms with van der Waals surface area (Å²) in [4.78, 5) is 29.6. The second-order valence-corrected chi connectivity index (χ2v) is 8.57. The van der Waals surface area contributed by atoms with Gasteiger partial charge in [0.15, 0.2) is 0 Å². The maximum absolute atomic E-state index is 12.6. The first-order valence-electron chi connectivity index (χ1n) is 8.52. The van der Waals surface area contributed by atoms with E-state index in [1.54, 1.807) is 11.8 Å². The molecule has 0 spiro atoms. The average Bonchev–Trinajstić information content (AvgIpc) is 3.15. The first-order valence-corrected chi connectivity index (χ1v) is 10.3. The highest BCUT2D eigenvalue weighted by molar-refractivity contribution is 8.01. The number of hydrogen-bond donors (Lipinski definition) is 1. The monoisotopic (exact) mass is 369 g/mol. The SMILES string of the molecule is CCSc1ccc(C(=O)N[C@@H]2C[C@@H](C(=O)N(CC)CC)N(C)C2)s1. The lowest BCUT2D eigenvalue weighted by atomic mass is 10.1. The molecule has 2 rings (SSSR count). The minimum absolute atomic E-state index is 0.0244. The Morgan fingerprint density at radius 1 is 1.33 bits per heavy atom. The van der Waals surface area contributed by atoms with Crippen LogP contribution >= 0.6 is 23.1 Å². The van der Waals surface area contributed by atoms with Crippen LogP contribution in [0, 0.1) is 0 Å². The van der Waals surface area contributed by atoms with Crippen LogP contribution in [-0.2, 0) is 4.79 Å². The van der Waals surface area contributed by atoms with Gasteiger partial charge in [0.1, 0.15) is 0 Å². The fourth-order valence-electron chi connectivity index (χ4n) is 3.06. The predicted molar refractivity (Wildman–Crippen MR) is 101 cm³/mol. The number of nitrogens with one attached hydrogen (secondary N) is 1. The maximum Gasteiger partial charge on any atom is 0.261 e. The normalized spacial score (nSPS) is 21.0. The van der Waals surface area contributed by atoms with Gasteiger partial charge >= 0.3 is 0 Å². The second kappa shape index (κ2) is 8.87. The Morgan fingerprint density at radius 3 is 2.67 bits per heavy atom. The van der Waals surface area contributed by atoms with Crippen molar-refractivity contribution < 1.29 is 9.59 Å². The van der Waals surface area contributed by atoms with E-state index in [4.69, 9.17) is 0 Å². The quantitative estimate of drug-likeness (QED) is 0.751. The molecular weight excluding hydrogens is 342 g/mol. The van der Waals surface area contributed by atoms with Crippen LogP contribution in [0.25, 0.3) is 0 Å². The maximum atomic E-state index is 12.6. The molecule has 1 fully saturated rings. The minimum Gasteiger partial charge on any atom is -0.347 e. The zero-order valence-corrected chi connectivity index (χ0v) is 16.5. The molecule has 2 amide bonds. The summed E-state index contributed by atoms with van der Waals surface area (Å²) in [5.41, 5.74) is 0. The number of carbonyl (C=O) groups is 2. The first kappa shape index (κ1) is 19.3. The molecule has 1 N–H and O–H groups in total. The molecule has 134 valence electrons. The number of thiophene rings is 1. The number of likely N-dealkylation sites (tertiary alicyclic amines) is 1. The smallest absolute Gasteiger partial charge is 0.261 e. The third-order valence-corrected chi connectivity index (χ3v) is 6.53. The minimum atomic E-state index is -0.134. The lowest BCUT2D eigenvalue weighted by Gasteiger charge is -2.26. The number of rotatable bonds is 7. The van der Waals surface area contributed by atoms with Gasteiger partial charge in [0.05, 0.1) is 15.1 Å². The van der Waals surface area contributed by atoms with E-state index in [0.29, 0.717) is 13.0 Å². The second-order valence-electron chi connectivity index (χ2n) is 5.92. The zero-order chi connectivity index (χ0) is 17.7. The molecule has 1 aliphatic rings. The van der Waals surface area contributed by atoms with Crippen molar-refractivity contribution in [1.29, 1.82) is 0 Å². The molecule has 24 heavy (non-hydrogen) atoms. The molecule has 0 saturated carbocycles. The summed E-state index contributed by atoms with van der Waals surface area (Å²) in [6.45, 7) is 8.26. The van der Waals surface area contributed by atoms with Gasteiger partial charge in [0, 0.05) is 25.7 Å². The van der Waals surface area contributed by atoms with Crippen molar-refractivity contribution >= 4 is 34.9 Å². The van der Waals surface area contributed by atoms with Crippen molar-refractivity contribution in [3.8, 4) is 0 Å². The molecule has 2 heterocycles. The van der Waals surface area contributed by atoms with Crippen LogP contribution in [0.1, 0.15) is 36.9 Å². The molecule has 5 nitrogen and oxygen atoms in total. The van der Waals surface area contributed by atoms with Crippen LogP contribution in [0.2, 0.25) is 0 Å². The molecule has 1 aliphatic heterocycles. The van der Waals surface area contributed by atoms with Gasteiger partial charge in [-0.1, -0.05) is 6.92 Å². The van der Waals surface area contributed by atoms with Gasteiger partial charge in [-0.3, -0.25) is 14.5 Å². The molecule has 1 aromatic rings. The lowest BCUT2D eigenvalue weighted by Crippen LogP contribution is -2.44. The molecule has 0 unspecified atom stereocenters. The predicted octanol–water partition coefficient (Wildman–Crippen LogP) is 2.53. The van der Waals surface area contributed by atoms with Crippen LogP contribution < -0.4 is 5.32 Å². The van der Waals surface area contributed by atoms with Crippen LogP contribution in [0.3, 0.4) is 0 Å². The van der Waals surface area contributed by atoms with Gasteiger partial charge in [0.25, 0.3) is 5.91 Å². The number of hydrogen-bond acceptors (Lipinski definition) is 5. The van der Waals surface area contributed by atoms with Crippen molar-refractivity contribution in [1.82, 2.24) is 15.1 Å². The molecular formula is C17H27N3O2S2. The highest BCUT2D eigenvalue weighted by atomic mass is 32.2. The Morgan fingerprint density at radius 2 is 2.04 bits per heavy atom. The number of carbonyl (C=O) groups excluding carboxylic acids is 2. The standard InChI is InChI=1S/C17H27N3O2S2/c1-5-20(6-2)17(22)13-10-12(11-19(13)4)18-16(21)14-8-9-15(24-14)23-7-3/h8-9,12-13H,5-7,10-11H2,1-4H3,(H,18,21)/t12-,13+/m1/s1. The summed E-state index contributed by atoms with van der Waals surface area (Å²) in [5, 5.41) is 3.09. The van der Waals surface area contributed by atoms with Crippen molar-refractivity contribution in [2.45, 2.75) is 43.5 Å². The van der Waals surface area contributed by atoms with Crippen molar-refractivity contribution in [3.63, 3.8) is 0 Å². The Kier molecular flexibility index (Phi) is 7.13. The Labute approximate surface area is 152 Å². The third kappa shape index (κ3) is 4.52. The van der Waals surface area contributed by atoms with Gasteiger partial charge in [-0.15, -0.1) is 23.1 Å². The van der Waals surface area contributed by atoms with Gasteiger partial charge in [-0.25, -0.2) is 0 Å². The highest BCUT2D eigenvalue weighted by Crippen LogP contribution is 2.27. The van der Waals surface area contributed by atoms with Crippen LogP contribution in [0.4, 0.5) is 0 Å². The largest absolute Gasteiger partial charge is 0.347 e. The van der Waals surface area contributed by atoms with E-state index in [1.165, 1.54) is 15.5 Å². The Balaban J connectivity index is 1.94. The molecule has 1 saturated heterocycles. The van der Waals surface area contributed by atoms with Gasteiger partial charge in [-0.2, -0.15) is 0 Å². The molecule has 7 heteroatoms. The Hall–Kier alpha value is -1.05. The first-order chi connectivity index (χ1) is 11.5. The summed E-state index contributed by atoms with van der Waals surface area (Å²) in [7, 11) is 1.96. The number of amides is 2. The topological polar surface area (TPSA) is 52.7 Å². The highest BCUT2D eigenvalue weighted by Gasteiger charge is 2.36. The molecule has 0 bridgehead atoms. The number of likely N-dealkylation sites (N-methyl/N-ethyl adjacent to an activating group) is 2. The summed E-state index contributed by atoms with van der Waals surface area (Å²) in [5.74, 6) is 1.14.